The zero-order chi connectivity index (χ0) is 11.0. The molecule has 4 nitrogen and oxygen atoms in total. The molecule has 5 heteroatoms. The highest BCUT2D eigenvalue weighted by Crippen LogP contribution is 2.27. The number of carboxylic acids is 1. The second-order valence-corrected chi connectivity index (χ2v) is 4.29. The van der Waals surface area contributed by atoms with Crippen LogP contribution >= 0.6 is 11.3 Å². The van der Waals surface area contributed by atoms with Gasteiger partial charge in [-0.15, -0.1) is 11.3 Å². The van der Waals surface area contributed by atoms with E-state index in [1.807, 2.05) is 6.92 Å². The van der Waals surface area contributed by atoms with E-state index in [0.29, 0.717) is 11.2 Å². The minimum absolute atomic E-state index is 0.121. The lowest BCUT2D eigenvalue weighted by Crippen LogP contribution is -2.01. The number of hydrogen-bond acceptors (Lipinski definition) is 4. The monoisotopic (exact) mass is 222 g/mol. The number of nitrogen functional groups attached to an aromatic ring is 1. The van der Waals surface area contributed by atoms with E-state index in [0.717, 1.165) is 16.1 Å². The molecule has 0 unspecified atom stereocenters. The Labute approximate surface area is 90.4 Å². The molecule has 0 radical (unpaired) electrons. The van der Waals surface area contributed by atoms with Gasteiger partial charge in [-0.2, -0.15) is 0 Å². The first-order valence-electron chi connectivity index (χ1n) is 4.54. The molecule has 2 aromatic rings. The summed E-state index contributed by atoms with van der Waals surface area (Å²) >= 11 is 1.55. The van der Waals surface area contributed by atoms with Gasteiger partial charge in [0.25, 0.3) is 0 Å². The molecule has 0 aliphatic heterocycles. The predicted molar refractivity (Wildman–Crippen MR) is 60.4 cm³/mol. The van der Waals surface area contributed by atoms with Crippen LogP contribution < -0.4 is 5.73 Å². The number of anilines is 1. The van der Waals surface area contributed by atoms with Crippen LogP contribution in [0.4, 0.5) is 5.69 Å². The summed E-state index contributed by atoms with van der Waals surface area (Å²) in [5.41, 5.74) is 6.76. The van der Waals surface area contributed by atoms with Gasteiger partial charge in [0.1, 0.15) is 0 Å². The van der Waals surface area contributed by atoms with Gasteiger partial charge in [-0.05, 0) is 18.6 Å². The van der Waals surface area contributed by atoms with Crippen molar-refractivity contribution in [2.45, 2.75) is 13.3 Å². The van der Waals surface area contributed by atoms with E-state index in [1.54, 1.807) is 17.4 Å². The van der Waals surface area contributed by atoms with E-state index in [4.69, 9.17) is 10.8 Å². The number of rotatable bonds is 2. The molecule has 0 fully saturated rings. The maximum Gasteiger partial charge on any atom is 0.337 e. The Hall–Kier alpha value is -1.62. The van der Waals surface area contributed by atoms with E-state index in [1.165, 1.54) is 6.07 Å². The van der Waals surface area contributed by atoms with Gasteiger partial charge in [-0.3, -0.25) is 0 Å². The molecule has 1 aromatic heterocycles. The molecule has 15 heavy (non-hydrogen) atoms. The van der Waals surface area contributed by atoms with E-state index in [-0.39, 0.29) is 5.56 Å². The lowest BCUT2D eigenvalue weighted by molar-refractivity contribution is 0.0698. The first-order chi connectivity index (χ1) is 7.11. The smallest absolute Gasteiger partial charge is 0.337 e. The number of hydrogen-bond donors (Lipinski definition) is 2. The van der Waals surface area contributed by atoms with E-state index >= 15 is 0 Å². The van der Waals surface area contributed by atoms with Gasteiger partial charge in [-0.1, -0.05) is 6.92 Å². The molecule has 3 N–H and O–H groups in total. The third-order valence-corrected chi connectivity index (χ3v) is 3.30. The van der Waals surface area contributed by atoms with Gasteiger partial charge in [0.2, 0.25) is 0 Å². The Balaban J connectivity index is 2.68. The Morgan fingerprint density at radius 2 is 2.33 bits per heavy atom. The van der Waals surface area contributed by atoms with Gasteiger partial charge in [0.15, 0.2) is 0 Å². The topological polar surface area (TPSA) is 76.2 Å². The van der Waals surface area contributed by atoms with Crippen molar-refractivity contribution in [2.75, 3.05) is 5.73 Å². The van der Waals surface area contributed by atoms with Crippen LogP contribution in [0.3, 0.4) is 0 Å². The molecule has 0 amide bonds. The summed E-state index contributed by atoms with van der Waals surface area (Å²) < 4.78 is 0.939. The van der Waals surface area contributed by atoms with Crippen LogP contribution in [-0.2, 0) is 6.42 Å². The van der Waals surface area contributed by atoms with Crippen LogP contribution in [0.25, 0.3) is 10.2 Å². The van der Waals surface area contributed by atoms with Crippen LogP contribution in [0, 0.1) is 0 Å². The van der Waals surface area contributed by atoms with Crippen LogP contribution in [0.2, 0.25) is 0 Å². The number of fused-ring (bicyclic) bond motifs is 1. The summed E-state index contributed by atoms with van der Waals surface area (Å²) in [7, 11) is 0. The molecule has 0 bridgehead atoms. The second-order valence-electron chi connectivity index (χ2n) is 3.17. The first kappa shape index (κ1) is 9.92. The van der Waals surface area contributed by atoms with Crippen LogP contribution in [0.15, 0.2) is 12.1 Å². The van der Waals surface area contributed by atoms with Crippen molar-refractivity contribution in [3.8, 4) is 0 Å². The Morgan fingerprint density at radius 3 is 2.93 bits per heavy atom. The fraction of sp³-hybridized carbons (Fsp3) is 0.200. The van der Waals surface area contributed by atoms with Crippen molar-refractivity contribution < 1.29 is 9.90 Å². The minimum Gasteiger partial charge on any atom is -0.478 e. The van der Waals surface area contributed by atoms with Crippen LogP contribution in [0.1, 0.15) is 22.3 Å². The van der Waals surface area contributed by atoms with E-state index in [2.05, 4.69) is 4.98 Å². The fourth-order valence-electron chi connectivity index (χ4n) is 1.37. The Kier molecular flexibility index (Phi) is 2.32. The highest BCUT2D eigenvalue weighted by Gasteiger charge is 2.11. The van der Waals surface area contributed by atoms with Gasteiger partial charge in [-0.25, -0.2) is 9.78 Å². The van der Waals surface area contributed by atoms with Crippen molar-refractivity contribution in [3.63, 3.8) is 0 Å². The van der Waals surface area contributed by atoms with E-state index in [9.17, 15) is 4.79 Å². The molecule has 1 aromatic carbocycles. The number of aryl methyl sites for hydroxylation is 1. The quantitative estimate of drug-likeness (QED) is 0.763. The third kappa shape index (κ3) is 1.66. The molecule has 0 atom stereocenters. The molecule has 0 spiro atoms. The zero-order valence-corrected chi connectivity index (χ0v) is 8.97. The normalized spacial score (nSPS) is 10.7. The van der Waals surface area contributed by atoms with Gasteiger partial charge in [0, 0.05) is 5.69 Å². The summed E-state index contributed by atoms with van der Waals surface area (Å²) in [5.74, 6) is -1.01. The Morgan fingerprint density at radius 1 is 1.60 bits per heavy atom. The number of carbonyl (C=O) groups is 1. The number of aromatic carboxylic acids is 1. The highest BCUT2D eigenvalue weighted by molar-refractivity contribution is 7.18. The maximum atomic E-state index is 10.8. The second kappa shape index (κ2) is 3.51. The Bertz CT molecular complexity index is 533. The van der Waals surface area contributed by atoms with Crippen molar-refractivity contribution in [1.82, 2.24) is 4.98 Å². The molecular weight excluding hydrogens is 212 g/mol. The number of nitrogens with zero attached hydrogens (tertiary/aromatic N) is 1. The summed E-state index contributed by atoms with van der Waals surface area (Å²) in [6.45, 7) is 2.01. The lowest BCUT2D eigenvalue weighted by atomic mass is 10.2. The maximum absolute atomic E-state index is 10.8. The molecule has 78 valence electrons. The molecule has 0 saturated heterocycles. The molecule has 0 saturated carbocycles. The predicted octanol–water partition coefficient (Wildman–Crippen LogP) is 2.14. The largest absolute Gasteiger partial charge is 0.478 e. The number of nitrogens with two attached hydrogens (primary N) is 1. The summed E-state index contributed by atoms with van der Waals surface area (Å²) in [6.07, 6.45) is 0.849. The number of thiazole rings is 1. The average molecular weight is 222 g/mol. The van der Waals surface area contributed by atoms with Gasteiger partial charge >= 0.3 is 5.97 Å². The van der Waals surface area contributed by atoms with Crippen molar-refractivity contribution >= 4 is 33.2 Å². The number of carboxylic acid groups (broad SMARTS) is 1. The van der Waals surface area contributed by atoms with Gasteiger partial charge < -0.3 is 10.8 Å². The van der Waals surface area contributed by atoms with Crippen molar-refractivity contribution in [3.05, 3.63) is 22.7 Å². The van der Waals surface area contributed by atoms with Crippen LogP contribution in [0.5, 0.6) is 0 Å². The standard InChI is InChI=1S/C10H10N2O2S/c1-2-9-12-7-3-5(10(13)14)6(11)4-8(7)15-9/h3-4H,2,11H2,1H3,(H,13,14). The first-order valence-corrected chi connectivity index (χ1v) is 5.35. The molecular formula is C10H10N2O2S. The summed E-state index contributed by atoms with van der Waals surface area (Å²) in [6, 6.07) is 3.21. The summed E-state index contributed by atoms with van der Waals surface area (Å²) in [4.78, 5) is 15.2. The molecule has 0 aliphatic rings. The van der Waals surface area contributed by atoms with Gasteiger partial charge in [0.05, 0.1) is 20.8 Å². The molecule has 0 aliphatic carbocycles. The molecule has 2 rings (SSSR count). The summed E-state index contributed by atoms with van der Waals surface area (Å²) in [5, 5.41) is 9.88. The average Bonchev–Trinajstić information content (AvgIpc) is 2.58. The molecule has 1 heterocycles. The van der Waals surface area contributed by atoms with Crippen LogP contribution in [-0.4, -0.2) is 16.1 Å². The third-order valence-electron chi connectivity index (χ3n) is 2.14. The van der Waals surface area contributed by atoms with Crippen molar-refractivity contribution in [2.24, 2.45) is 0 Å². The van der Waals surface area contributed by atoms with E-state index < -0.39 is 5.97 Å². The number of benzene rings is 1. The minimum atomic E-state index is -1.01. The SMILES string of the molecule is CCc1nc2cc(C(=O)O)c(N)cc2s1. The lowest BCUT2D eigenvalue weighted by Gasteiger charge is -1.98. The van der Waals surface area contributed by atoms with Crippen molar-refractivity contribution in [1.29, 1.82) is 0 Å². The highest BCUT2D eigenvalue weighted by atomic mass is 32.1. The zero-order valence-electron chi connectivity index (χ0n) is 8.15. The fourth-order valence-corrected chi connectivity index (χ4v) is 2.31. The number of aromatic nitrogens is 1.